The highest BCUT2D eigenvalue weighted by atomic mass is 16.1. The number of primary amides is 1. The Bertz CT molecular complexity index is 491. The van der Waals surface area contributed by atoms with Gasteiger partial charge in [0.25, 0.3) is 5.91 Å². The topological polar surface area (TPSA) is 86.7 Å². The summed E-state index contributed by atoms with van der Waals surface area (Å²) < 4.78 is 1.61. The molecule has 0 atom stereocenters. The lowest BCUT2D eigenvalue weighted by molar-refractivity contribution is 0.0995. The summed E-state index contributed by atoms with van der Waals surface area (Å²) in [7, 11) is 0. The number of hydrogen-bond acceptors (Lipinski definition) is 4. The average Bonchev–Trinajstić information content (AvgIpc) is 2.69. The molecule has 2 aromatic heterocycles. The second-order valence-electron chi connectivity index (χ2n) is 3.03. The predicted molar refractivity (Wildman–Crippen MR) is 52.4 cm³/mol. The predicted octanol–water partition coefficient (Wildman–Crippen LogP) is 0.0696. The summed E-state index contributed by atoms with van der Waals surface area (Å²) in [6.45, 7) is 1.77. The second-order valence-corrected chi connectivity index (χ2v) is 3.03. The Morgan fingerprint density at radius 2 is 2.27 bits per heavy atom. The molecular formula is C9H9N5O. The Kier molecular flexibility index (Phi) is 2.17. The fraction of sp³-hybridized carbons (Fsp3) is 0.111. The van der Waals surface area contributed by atoms with Crippen LogP contribution in [0.5, 0.6) is 0 Å². The summed E-state index contributed by atoms with van der Waals surface area (Å²) in [5.74, 6) is -0.178. The molecule has 0 spiro atoms. The molecule has 0 saturated heterocycles. The van der Waals surface area contributed by atoms with E-state index in [0.717, 1.165) is 0 Å². The van der Waals surface area contributed by atoms with E-state index in [2.05, 4.69) is 15.0 Å². The molecule has 0 aliphatic heterocycles. The van der Waals surface area contributed by atoms with Gasteiger partial charge in [0.1, 0.15) is 12.0 Å². The largest absolute Gasteiger partial charge is 0.364 e. The molecule has 6 heteroatoms. The maximum absolute atomic E-state index is 11.0. The van der Waals surface area contributed by atoms with Crippen molar-refractivity contribution in [3.63, 3.8) is 0 Å². The summed E-state index contributed by atoms with van der Waals surface area (Å²) in [5, 5.41) is 0. The average molecular weight is 203 g/mol. The van der Waals surface area contributed by atoms with Gasteiger partial charge in [0.05, 0.1) is 0 Å². The molecule has 1 amide bonds. The summed E-state index contributed by atoms with van der Waals surface area (Å²) in [5.41, 5.74) is 6.03. The van der Waals surface area contributed by atoms with Crippen LogP contribution in [0.4, 0.5) is 0 Å². The van der Waals surface area contributed by atoms with Gasteiger partial charge in [-0.05, 0) is 13.0 Å². The summed E-state index contributed by atoms with van der Waals surface area (Å²) >= 11 is 0. The molecule has 0 saturated carbocycles. The van der Waals surface area contributed by atoms with E-state index >= 15 is 0 Å². The third-order valence-electron chi connectivity index (χ3n) is 1.83. The van der Waals surface area contributed by atoms with E-state index in [1.54, 1.807) is 36.3 Å². The van der Waals surface area contributed by atoms with Crippen LogP contribution < -0.4 is 5.73 Å². The first-order valence-corrected chi connectivity index (χ1v) is 4.30. The Labute approximate surface area is 85.8 Å². The minimum absolute atomic E-state index is 0.200. The number of rotatable bonds is 2. The maximum Gasteiger partial charge on any atom is 0.267 e. The van der Waals surface area contributed by atoms with Crippen LogP contribution in [0.1, 0.15) is 16.2 Å². The number of amides is 1. The van der Waals surface area contributed by atoms with Gasteiger partial charge in [-0.15, -0.1) is 0 Å². The second kappa shape index (κ2) is 3.49. The summed E-state index contributed by atoms with van der Waals surface area (Å²) in [6, 6.07) is 1.54. The molecule has 0 aromatic carbocycles. The number of nitrogens with zero attached hydrogens (tertiary/aromatic N) is 4. The van der Waals surface area contributed by atoms with Crippen LogP contribution in [0.2, 0.25) is 0 Å². The Hall–Kier alpha value is -2.24. The SMILES string of the molecule is Cc1cc(C(N)=O)nc(-n2ccnc2)n1. The lowest BCUT2D eigenvalue weighted by Gasteiger charge is -2.03. The van der Waals surface area contributed by atoms with E-state index in [1.807, 2.05) is 0 Å². The summed E-state index contributed by atoms with van der Waals surface area (Å²) in [4.78, 5) is 23.0. The normalized spacial score (nSPS) is 10.2. The van der Waals surface area contributed by atoms with Crippen molar-refractivity contribution in [2.45, 2.75) is 6.92 Å². The van der Waals surface area contributed by atoms with Crippen molar-refractivity contribution >= 4 is 5.91 Å². The van der Waals surface area contributed by atoms with E-state index < -0.39 is 5.91 Å². The molecule has 2 heterocycles. The molecule has 2 aromatic rings. The lowest BCUT2D eigenvalue weighted by atomic mass is 10.3. The van der Waals surface area contributed by atoms with Crippen molar-refractivity contribution in [3.8, 4) is 5.95 Å². The van der Waals surface area contributed by atoms with Gasteiger partial charge in [-0.1, -0.05) is 0 Å². The number of carbonyl (C=O) groups excluding carboxylic acids is 1. The third kappa shape index (κ3) is 1.83. The van der Waals surface area contributed by atoms with Gasteiger partial charge in [0.15, 0.2) is 0 Å². The number of imidazole rings is 1. The van der Waals surface area contributed by atoms with Gasteiger partial charge in [-0.25, -0.2) is 15.0 Å². The number of carbonyl (C=O) groups is 1. The van der Waals surface area contributed by atoms with E-state index in [-0.39, 0.29) is 5.69 Å². The molecule has 2 N–H and O–H groups in total. The Morgan fingerprint density at radius 1 is 1.47 bits per heavy atom. The minimum atomic E-state index is -0.568. The zero-order chi connectivity index (χ0) is 10.8. The molecule has 15 heavy (non-hydrogen) atoms. The monoisotopic (exact) mass is 203 g/mol. The van der Waals surface area contributed by atoms with Gasteiger partial charge < -0.3 is 5.73 Å². The minimum Gasteiger partial charge on any atom is -0.364 e. The fourth-order valence-corrected chi connectivity index (χ4v) is 1.17. The third-order valence-corrected chi connectivity index (χ3v) is 1.83. The molecule has 0 aliphatic carbocycles. The summed E-state index contributed by atoms with van der Waals surface area (Å²) in [6.07, 6.45) is 4.86. The zero-order valence-corrected chi connectivity index (χ0v) is 8.08. The molecule has 0 bridgehead atoms. The quantitative estimate of drug-likeness (QED) is 0.748. The Balaban J connectivity index is 2.54. The van der Waals surface area contributed by atoms with Crippen molar-refractivity contribution in [1.82, 2.24) is 19.5 Å². The van der Waals surface area contributed by atoms with Gasteiger partial charge in [-0.2, -0.15) is 0 Å². The lowest BCUT2D eigenvalue weighted by Crippen LogP contribution is -2.15. The number of aryl methyl sites for hydroxylation is 1. The van der Waals surface area contributed by atoms with Crippen LogP contribution in [0, 0.1) is 6.92 Å². The van der Waals surface area contributed by atoms with Crippen molar-refractivity contribution in [3.05, 3.63) is 36.2 Å². The van der Waals surface area contributed by atoms with Crippen LogP contribution in [0.15, 0.2) is 24.8 Å². The van der Waals surface area contributed by atoms with E-state index in [0.29, 0.717) is 11.6 Å². The molecule has 0 radical (unpaired) electrons. The number of hydrogen-bond donors (Lipinski definition) is 1. The zero-order valence-electron chi connectivity index (χ0n) is 8.08. The van der Waals surface area contributed by atoms with Crippen molar-refractivity contribution < 1.29 is 4.79 Å². The van der Waals surface area contributed by atoms with Crippen LogP contribution in [0.3, 0.4) is 0 Å². The highest BCUT2D eigenvalue weighted by Gasteiger charge is 2.07. The number of aromatic nitrogens is 4. The van der Waals surface area contributed by atoms with Crippen LogP contribution in [0.25, 0.3) is 5.95 Å². The van der Waals surface area contributed by atoms with Crippen LogP contribution in [-0.4, -0.2) is 25.4 Å². The van der Waals surface area contributed by atoms with E-state index in [9.17, 15) is 4.79 Å². The van der Waals surface area contributed by atoms with Gasteiger partial charge >= 0.3 is 0 Å². The van der Waals surface area contributed by atoms with Gasteiger partial charge in [0, 0.05) is 18.1 Å². The van der Waals surface area contributed by atoms with Crippen LogP contribution in [-0.2, 0) is 0 Å². The Morgan fingerprint density at radius 3 is 2.87 bits per heavy atom. The molecular weight excluding hydrogens is 194 g/mol. The van der Waals surface area contributed by atoms with E-state index in [1.165, 1.54) is 0 Å². The highest BCUT2D eigenvalue weighted by Crippen LogP contribution is 2.04. The molecule has 6 nitrogen and oxygen atoms in total. The highest BCUT2D eigenvalue weighted by molar-refractivity contribution is 5.90. The smallest absolute Gasteiger partial charge is 0.267 e. The standard InChI is InChI=1S/C9H9N5O/c1-6-4-7(8(10)15)13-9(12-6)14-3-2-11-5-14/h2-5H,1H3,(H2,10,15). The first-order valence-electron chi connectivity index (χ1n) is 4.30. The number of nitrogens with two attached hydrogens (primary N) is 1. The van der Waals surface area contributed by atoms with Crippen molar-refractivity contribution in [1.29, 1.82) is 0 Å². The first-order chi connectivity index (χ1) is 7.16. The van der Waals surface area contributed by atoms with Crippen molar-refractivity contribution in [2.24, 2.45) is 5.73 Å². The fourth-order valence-electron chi connectivity index (χ4n) is 1.17. The van der Waals surface area contributed by atoms with Crippen molar-refractivity contribution in [2.75, 3.05) is 0 Å². The van der Waals surface area contributed by atoms with Gasteiger partial charge in [-0.3, -0.25) is 9.36 Å². The first kappa shape index (κ1) is 9.32. The van der Waals surface area contributed by atoms with Crippen LogP contribution >= 0.6 is 0 Å². The molecule has 2 rings (SSSR count). The maximum atomic E-state index is 11.0. The molecule has 0 fully saturated rings. The molecule has 76 valence electrons. The van der Waals surface area contributed by atoms with E-state index in [4.69, 9.17) is 5.73 Å². The molecule has 0 aliphatic rings. The molecule has 0 unspecified atom stereocenters. The van der Waals surface area contributed by atoms with Gasteiger partial charge in [0.2, 0.25) is 5.95 Å².